The molecule has 190 valence electrons. The number of hydrogen-bond acceptors (Lipinski definition) is 7. The van der Waals surface area contributed by atoms with Gasteiger partial charge in [-0.25, -0.2) is 0 Å². The monoisotopic (exact) mass is 478 g/mol. The zero-order chi connectivity index (χ0) is 24.7. The lowest BCUT2D eigenvalue weighted by atomic mass is 9.75. The van der Waals surface area contributed by atoms with E-state index in [0.29, 0.717) is 6.42 Å². The number of piperidine rings is 1. The van der Waals surface area contributed by atoms with Crippen molar-refractivity contribution in [3.63, 3.8) is 0 Å². The molecule has 0 amide bonds. The van der Waals surface area contributed by atoms with E-state index in [2.05, 4.69) is 78.8 Å². The smallest absolute Gasteiger partial charge is 0.130 e. The van der Waals surface area contributed by atoms with Crippen LogP contribution in [0.1, 0.15) is 56.8 Å². The average molecular weight is 479 g/mol. The Kier molecular flexibility index (Phi) is 6.77. The topological polar surface area (TPSA) is 58.4 Å². The second-order valence-corrected chi connectivity index (χ2v) is 11.0. The normalized spacial score (nSPS) is 32.9. The molecule has 0 spiro atoms. The van der Waals surface area contributed by atoms with Crippen LogP contribution in [0.4, 0.5) is 0 Å². The standard InChI is InChI=1S/C28H42N6O/c1-6-22(35)27-28(3,23-12-7-11-21(32(23)5)26-20(2)10-9-15-29-26)30-24-13-8-14-25(34(24)27)33-18-16-31(4)17-19-33/h8-10,13-15,21-23,27,35H,6-7,11-12,16-19H2,1-5H3/t21-,22-,23+,27?,28-/m0/s1. The van der Waals surface area contributed by atoms with Crippen molar-refractivity contribution >= 4 is 5.84 Å². The van der Waals surface area contributed by atoms with Crippen molar-refractivity contribution in [2.24, 2.45) is 4.99 Å². The highest BCUT2D eigenvalue weighted by Gasteiger charge is 2.56. The lowest BCUT2D eigenvalue weighted by Gasteiger charge is -2.51. The van der Waals surface area contributed by atoms with Gasteiger partial charge in [-0.2, -0.15) is 0 Å². The number of fused-ring (bicyclic) bond motifs is 1. The van der Waals surface area contributed by atoms with Crippen LogP contribution in [0.3, 0.4) is 0 Å². The van der Waals surface area contributed by atoms with E-state index in [-0.39, 0.29) is 18.1 Å². The van der Waals surface area contributed by atoms with E-state index in [1.807, 2.05) is 12.3 Å². The minimum Gasteiger partial charge on any atom is -0.391 e. The van der Waals surface area contributed by atoms with E-state index in [1.54, 1.807) is 0 Å². The van der Waals surface area contributed by atoms with Crippen molar-refractivity contribution in [2.75, 3.05) is 40.3 Å². The van der Waals surface area contributed by atoms with Gasteiger partial charge in [0.05, 0.1) is 29.4 Å². The largest absolute Gasteiger partial charge is 0.391 e. The van der Waals surface area contributed by atoms with Gasteiger partial charge in [-0.1, -0.05) is 19.1 Å². The van der Waals surface area contributed by atoms with Crippen LogP contribution < -0.4 is 0 Å². The number of hydrogen-bond donors (Lipinski definition) is 1. The first-order valence-corrected chi connectivity index (χ1v) is 13.4. The van der Waals surface area contributed by atoms with Gasteiger partial charge in [0.25, 0.3) is 0 Å². The number of aliphatic hydroxyl groups excluding tert-OH is 1. The molecule has 7 heteroatoms. The van der Waals surface area contributed by atoms with E-state index in [9.17, 15) is 5.11 Å². The van der Waals surface area contributed by atoms with Crippen LogP contribution in [0.2, 0.25) is 0 Å². The summed E-state index contributed by atoms with van der Waals surface area (Å²) in [6.07, 6.45) is 12.0. The van der Waals surface area contributed by atoms with Crippen molar-refractivity contribution in [1.82, 2.24) is 24.6 Å². The molecular formula is C28H42N6O. The summed E-state index contributed by atoms with van der Waals surface area (Å²) in [6.45, 7) is 10.6. The second-order valence-electron chi connectivity index (χ2n) is 11.0. The molecule has 2 saturated heterocycles. The molecular weight excluding hydrogens is 436 g/mol. The molecule has 1 aromatic heterocycles. The lowest BCUT2D eigenvalue weighted by Crippen LogP contribution is -2.63. The molecule has 0 aliphatic carbocycles. The van der Waals surface area contributed by atoms with Gasteiger partial charge in [-0.05, 0) is 77.4 Å². The highest BCUT2D eigenvalue weighted by Crippen LogP contribution is 2.46. The maximum atomic E-state index is 11.5. The number of rotatable bonds is 5. The predicted molar refractivity (Wildman–Crippen MR) is 141 cm³/mol. The SMILES string of the molecule is CC[C@H](O)C1N2C(N3CCN(C)CC3)=CC=CC2=N[C@@]1(C)[C@H]1CCC[C@@H](c2ncccc2C)N1C. The van der Waals surface area contributed by atoms with Gasteiger partial charge in [0.15, 0.2) is 0 Å². The molecule has 1 aromatic rings. The summed E-state index contributed by atoms with van der Waals surface area (Å²) in [5, 5.41) is 11.5. The van der Waals surface area contributed by atoms with E-state index in [4.69, 9.17) is 9.98 Å². The number of aliphatic imine (C=N–C) groups is 1. The number of aliphatic hydroxyl groups is 1. The number of aromatic nitrogens is 1. The van der Waals surface area contributed by atoms with Gasteiger partial charge in [0.1, 0.15) is 11.7 Å². The fraction of sp³-hybridized carbons (Fsp3) is 0.643. The summed E-state index contributed by atoms with van der Waals surface area (Å²) in [6, 6.07) is 4.57. The number of aryl methyl sites for hydroxylation is 1. The lowest BCUT2D eigenvalue weighted by molar-refractivity contribution is -0.00688. The quantitative estimate of drug-likeness (QED) is 0.702. The second kappa shape index (κ2) is 9.68. The predicted octanol–water partition coefficient (Wildman–Crippen LogP) is 3.19. The van der Waals surface area contributed by atoms with Crippen molar-refractivity contribution in [1.29, 1.82) is 0 Å². The minimum absolute atomic E-state index is 0.102. The molecule has 0 aromatic carbocycles. The Hall–Kier alpha value is -2.22. The number of likely N-dealkylation sites (N-methyl/N-ethyl adjacent to an activating group) is 2. The molecule has 4 aliphatic rings. The fourth-order valence-electron chi connectivity index (χ4n) is 6.81. The number of pyridine rings is 1. The van der Waals surface area contributed by atoms with Crippen LogP contribution in [0.25, 0.3) is 0 Å². The number of allylic oxidation sites excluding steroid dienone is 2. The highest BCUT2D eigenvalue weighted by molar-refractivity contribution is 5.98. The molecule has 0 saturated carbocycles. The fourth-order valence-corrected chi connectivity index (χ4v) is 6.81. The number of amidine groups is 1. The summed E-state index contributed by atoms with van der Waals surface area (Å²) < 4.78 is 0. The van der Waals surface area contributed by atoms with Crippen LogP contribution in [-0.2, 0) is 0 Å². The number of nitrogens with zero attached hydrogens (tertiary/aromatic N) is 6. The Morgan fingerprint density at radius 2 is 1.94 bits per heavy atom. The average Bonchev–Trinajstić information content (AvgIpc) is 3.17. The van der Waals surface area contributed by atoms with E-state index in [0.717, 1.165) is 51.3 Å². The summed E-state index contributed by atoms with van der Waals surface area (Å²) in [7, 11) is 4.43. The molecule has 2 fully saturated rings. The first-order valence-electron chi connectivity index (χ1n) is 13.4. The maximum Gasteiger partial charge on any atom is 0.130 e. The summed E-state index contributed by atoms with van der Waals surface area (Å²) in [5.74, 6) is 2.18. The first kappa shape index (κ1) is 24.5. The van der Waals surface area contributed by atoms with Crippen LogP contribution in [0, 0.1) is 6.92 Å². The third kappa shape index (κ3) is 4.21. The Morgan fingerprint density at radius 3 is 2.66 bits per heavy atom. The Labute approximate surface area is 210 Å². The Morgan fingerprint density at radius 1 is 1.17 bits per heavy atom. The highest BCUT2D eigenvalue weighted by atomic mass is 16.3. The Balaban J connectivity index is 1.50. The third-order valence-electron chi connectivity index (χ3n) is 8.81. The molecule has 4 aliphatic heterocycles. The minimum atomic E-state index is -0.464. The van der Waals surface area contributed by atoms with Gasteiger partial charge in [0.2, 0.25) is 0 Å². The number of piperazine rings is 1. The zero-order valence-corrected chi connectivity index (χ0v) is 22.1. The molecule has 35 heavy (non-hydrogen) atoms. The van der Waals surface area contributed by atoms with Gasteiger partial charge in [-0.3, -0.25) is 14.9 Å². The van der Waals surface area contributed by atoms with Crippen LogP contribution >= 0.6 is 0 Å². The molecule has 5 heterocycles. The van der Waals surface area contributed by atoms with Gasteiger partial charge < -0.3 is 19.8 Å². The molecule has 7 nitrogen and oxygen atoms in total. The van der Waals surface area contributed by atoms with E-state index >= 15 is 0 Å². The van der Waals surface area contributed by atoms with Crippen molar-refractivity contribution in [3.05, 3.63) is 53.6 Å². The maximum absolute atomic E-state index is 11.5. The summed E-state index contributed by atoms with van der Waals surface area (Å²) in [5.41, 5.74) is 2.00. The summed E-state index contributed by atoms with van der Waals surface area (Å²) >= 11 is 0. The Bertz CT molecular complexity index is 1010. The third-order valence-corrected chi connectivity index (χ3v) is 8.81. The van der Waals surface area contributed by atoms with Crippen molar-refractivity contribution in [3.8, 4) is 0 Å². The molecule has 1 N–H and O–H groups in total. The van der Waals surface area contributed by atoms with E-state index in [1.165, 1.54) is 17.1 Å². The van der Waals surface area contributed by atoms with Gasteiger partial charge in [0, 0.05) is 38.4 Å². The van der Waals surface area contributed by atoms with Crippen molar-refractivity contribution < 1.29 is 5.11 Å². The van der Waals surface area contributed by atoms with Crippen LogP contribution in [0.5, 0.6) is 0 Å². The van der Waals surface area contributed by atoms with Crippen molar-refractivity contribution in [2.45, 2.75) is 76.2 Å². The molecule has 0 bridgehead atoms. The first-order chi connectivity index (χ1) is 16.8. The summed E-state index contributed by atoms with van der Waals surface area (Å²) in [4.78, 5) is 20.0. The van der Waals surface area contributed by atoms with E-state index < -0.39 is 11.6 Å². The van der Waals surface area contributed by atoms with Gasteiger partial charge in [-0.15, -0.1) is 0 Å². The van der Waals surface area contributed by atoms with Gasteiger partial charge >= 0.3 is 0 Å². The molecule has 5 atom stereocenters. The number of likely N-dealkylation sites (tertiary alicyclic amines) is 1. The van der Waals surface area contributed by atoms with Crippen LogP contribution in [0.15, 0.2) is 47.4 Å². The molecule has 5 rings (SSSR count). The zero-order valence-electron chi connectivity index (χ0n) is 22.1. The van der Waals surface area contributed by atoms with Crippen LogP contribution in [-0.4, -0.2) is 99.5 Å². The molecule has 1 unspecified atom stereocenters. The molecule has 0 radical (unpaired) electrons.